The molecule has 0 unspecified atom stereocenters. The van der Waals surface area contributed by atoms with E-state index in [9.17, 15) is 0 Å². The van der Waals surface area contributed by atoms with Crippen LogP contribution >= 0.6 is 15.9 Å². The van der Waals surface area contributed by atoms with Gasteiger partial charge in [-0.3, -0.25) is 4.68 Å². The number of halogens is 1. The zero-order valence-corrected chi connectivity index (χ0v) is 13.0. The number of hydrogen-bond acceptors (Lipinski definition) is 4. The average molecular weight is 324 g/mol. The summed E-state index contributed by atoms with van der Waals surface area (Å²) in [5, 5.41) is 4.39. The van der Waals surface area contributed by atoms with Crippen LogP contribution < -0.4 is 5.73 Å². The van der Waals surface area contributed by atoms with Gasteiger partial charge >= 0.3 is 0 Å². The third-order valence-corrected chi connectivity index (χ3v) is 3.44. The molecule has 0 aliphatic heterocycles. The third-order valence-electron chi connectivity index (χ3n) is 2.86. The van der Waals surface area contributed by atoms with E-state index < -0.39 is 0 Å². The first-order valence-electron chi connectivity index (χ1n) is 6.07. The maximum absolute atomic E-state index is 5.99. The molecule has 5 nitrogen and oxygen atoms in total. The molecular weight excluding hydrogens is 306 g/mol. The van der Waals surface area contributed by atoms with Gasteiger partial charge in [0.15, 0.2) is 0 Å². The smallest absolute Gasteiger partial charge is 0.132 e. The number of pyridine rings is 1. The van der Waals surface area contributed by atoms with Crippen LogP contribution in [0.1, 0.15) is 5.56 Å². The lowest BCUT2D eigenvalue weighted by molar-refractivity contribution is 0.374. The molecule has 2 aromatic heterocycles. The summed E-state index contributed by atoms with van der Waals surface area (Å²) in [7, 11) is 4.08. The quantitative estimate of drug-likeness (QED) is 0.936. The molecule has 2 aromatic rings. The molecule has 0 bridgehead atoms. The Morgan fingerprint density at radius 1 is 1.37 bits per heavy atom. The van der Waals surface area contributed by atoms with Crippen LogP contribution in [0.5, 0.6) is 0 Å². The zero-order valence-electron chi connectivity index (χ0n) is 11.4. The summed E-state index contributed by atoms with van der Waals surface area (Å²) in [5.74, 6) is 0.526. The minimum Gasteiger partial charge on any atom is -0.383 e. The Hall–Kier alpha value is -1.40. The molecule has 0 aromatic carbocycles. The highest BCUT2D eigenvalue weighted by Gasteiger charge is 2.14. The lowest BCUT2D eigenvalue weighted by atomic mass is 10.1. The van der Waals surface area contributed by atoms with E-state index in [4.69, 9.17) is 5.73 Å². The first-order chi connectivity index (χ1) is 8.99. The highest BCUT2D eigenvalue weighted by atomic mass is 79.9. The van der Waals surface area contributed by atoms with Crippen molar-refractivity contribution >= 4 is 21.7 Å². The number of nitrogens with zero attached hydrogens (tertiary/aromatic N) is 4. The Morgan fingerprint density at radius 2 is 2.11 bits per heavy atom. The second-order valence-electron chi connectivity index (χ2n) is 4.81. The van der Waals surface area contributed by atoms with Crippen molar-refractivity contribution in [1.29, 1.82) is 0 Å². The van der Waals surface area contributed by atoms with Gasteiger partial charge < -0.3 is 10.6 Å². The van der Waals surface area contributed by atoms with E-state index in [1.165, 1.54) is 0 Å². The summed E-state index contributed by atoms with van der Waals surface area (Å²) >= 11 is 3.54. The first-order valence-corrected chi connectivity index (χ1v) is 6.87. The standard InChI is InChI=1S/C13H18BrN5/c1-9-6-10(13(15)16-7-9)12-11(14)8-17-19(12)5-4-18(2)3/h6-8H,4-5H2,1-3H3,(H2,15,16). The van der Waals surface area contributed by atoms with Gasteiger partial charge in [-0.2, -0.15) is 5.10 Å². The molecule has 6 heteroatoms. The third kappa shape index (κ3) is 3.13. The summed E-state index contributed by atoms with van der Waals surface area (Å²) in [6.45, 7) is 3.73. The van der Waals surface area contributed by atoms with Gasteiger partial charge in [0.2, 0.25) is 0 Å². The molecule has 0 saturated heterocycles. The Bertz CT molecular complexity index is 576. The van der Waals surface area contributed by atoms with Crippen LogP contribution in [0.4, 0.5) is 5.82 Å². The number of anilines is 1. The van der Waals surface area contributed by atoms with Crippen molar-refractivity contribution in [3.8, 4) is 11.3 Å². The molecule has 19 heavy (non-hydrogen) atoms. The highest BCUT2D eigenvalue weighted by Crippen LogP contribution is 2.31. The average Bonchev–Trinajstić information content (AvgIpc) is 2.71. The van der Waals surface area contributed by atoms with Gasteiger partial charge in [-0.1, -0.05) is 0 Å². The molecule has 0 radical (unpaired) electrons. The minimum atomic E-state index is 0.526. The molecule has 2 N–H and O–H groups in total. The normalized spacial score (nSPS) is 11.2. The number of aryl methyl sites for hydroxylation is 1. The van der Waals surface area contributed by atoms with Crippen LogP contribution in [-0.4, -0.2) is 40.3 Å². The van der Waals surface area contributed by atoms with Crippen LogP contribution in [0, 0.1) is 6.92 Å². The maximum Gasteiger partial charge on any atom is 0.132 e. The summed E-state index contributed by atoms with van der Waals surface area (Å²) in [6.07, 6.45) is 3.57. The molecule has 2 heterocycles. The summed E-state index contributed by atoms with van der Waals surface area (Å²) < 4.78 is 2.89. The molecule has 0 atom stereocenters. The van der Waals surface area contributed by atoms with E-state index in [1.807, 2.05) is 31.8 Å². The van der Waals surface area contributed by atoms with Gasteiger partial charge in [0.1, 0.15) is 5.82 Å². The van der Waals surface area contributed by atoms with Crippen molar-refractivity contribution < 1.29 is 0 Å². The van der Waals surface area contributed by atoms with Crippen molar-refractivity contribution in [2.45, 2.75) is 13.5 Å². The fourth-order valence-electron chi connectivity index (χ4n) is 1.86. The monoisotopic (exact) mass is 323 g/mol. The fraction of sp³-hybridized carbons (Fsp3) is 0.385. The van der Waals surface area contributed by atoms with Gasteiger partial charge in [-0.15, -0.1) is 0 Å². The molecule has 102 valence electrons. The van der Waals surface area contributed by atoms with Crippen molar-refractivity contribution in [2.24, 2.45) is 0 Å². The molecule has 0 fully saturated rings. The first kappa shape index (κ1) is 14.0. The largest absolute Gasteiger partial charge is 0.383 e. The van der Waals surface area contributed by atoms with Gasteiger partial charge in [-0.05, 0) is 48.6 Å². The lowest BCUT2D eigenvalue weighted by Gasteiger charge is -2.13. The number of rotatable bonds is 4. The number of nitrogen functional groups attached to an aromatic ring is 1. The van der Waals surface area contributed by atoms with E-state index in [-0.39, 0.29) is 0 Å². The summed E-state index contributed by atoms with van der Waals surface area (Å²) in [4.78, 5) is 6.34. The van der Waals surface area contributed by atoms with Crippen LogP contribution in [-0.2, 0) is 6.54 Å². The van der Waals surface area contributed by atoms with Crippen LogP contribution in [0.25, 0.3) is 11.3 Å². The predicted octanol–water partition coefficient (Wildman–Crippen LogP) is 2.16. The van der Waals surface area contributed by atoms with Crippen molar-refractivity contribution in [2.75, 3.05) is 26.4 Å². The van der Waals surface area contributed by atoms with E-state index in [0.29, 0.717) is 5.82 Å². The molecule has 0 amide bonds. The van der Waals surface area contributed by atoms with Gasteiger partial charge in [-0.25, -0.2) is 4.98 Å². The summed E-state index contributed by atoms with van der Waals surface area (Å²) in [5.41, 5.74) is 8.97. The Morgan fingerprint density at radius 3 is 2.79 bits per heavy atom. The summed E-state index contributed by atoms with van der Waals surface area (Å²) in [6, 6.07) is 2.04. The van der Waals surface area contributed by atoms with E-state index in [2.05, 4.69) is 30.9 Å². The van der Waals surface area contributed by atoms with Crippen molar-refractivity contribution in [3.05, 3.63) is 28.5 Å². The Kier molecular flexibility index (Phi) is 4.21. The number of nitrogens with two attached hydrogens (primary N) is 1. The lowest BCUT2D eigenvalue weighted by Crippen LogP contribution is -2.19. The zero-order chi connectivity index (χ0) is 14.0. The fourth-order valence-corrected chi connectivity index (χ4v) is 2.37. The number of hydrogen-bond donors (Lipinski definition) is 1. The van der Waals surface area contributed by atoms with E-state index >= 15 is 0 Å². The van der Waals surface area contributed by atoms with E-state index in [0.717, 1.165) is 34.4 Å². The molecule has 0 aliphatic carbocycles. The highest BCUT2D eigenvalue weighted by molar-refractivity contribution is 9.10. The topological polar surface area (TPSA) is 60.0 Å². The van der Waals surface area contributed by atoms with Gasteiger partial charge in [0, 0.05) is 18.3 Å². The van der Waals surface area contributed by atoms with Crippen LogP contribution in [0.15, 0.2) is 22.9 Å². The van der Waals surface area contributed by atoms with Crippen molar-refractivity contribution in [1.82, 2.24) is 19.7 Å². The molecule has 2 rings (SSSR count). The maximum atomic E-state index is 5.99. The van der Waals surface area contributed by atoms with Crippen molar-refractivity contribution in [3.63, 3.8) is 0 Å². The van der Waals surface area contributed by atoms with Gasteiger partial charge in [0.05, 0.1) is 22.9 Å². The molecule has 0 spiro atoms. The Balaban J connectivity index is 2.43. The molecule has 0 aliphatic rings. The second kappa shape index (κ2) is 5.71. The molecule has 0 saturated carbocycles. The molecular formula is C13H18BrN5. The minimum absolute atomic E-state index is 0.526. The number of likely N-dealkylation sites (N-methyl/N-ethyl adjacent to an activating group) is 1. The number of aromatic nitrogens is 3. The van der Waals surface area contributed by atoms with E-state index in [1.54, 1.807) is 12.4 Å². The van der Waals surface area contributed by atoms with Crippen LogP contribution in [0.3, 0.4) is 0 Å². The second-order valence-corrected chi connectivity index (χ2v) is 5.67. The predicted molar refractivity (Wildman–Crippen MR) is 80.9 cm³/mol. The van der Waals surface area contributed by atoms with Gasteiger partial charge in [0.25, 0.3) is 0 Å². The Labute approximate surface area is 121 Å². The van der Waals surface area contributed by atoms with Crippen LogP contribution in [0.2, 0.25) is 0 Å². The SMILES string of the molecule is Cc1cnc(N)c(-c2c(Br)cnn2CCN(C)C)c1.